The second-order valence-electron chi connectivity index (χ2n) is 7.42. The number of ether oxygens (including phenoxy) is 1. The summed E-state index contributed by atoms with van der Waals surface area (Å²) < 4.78 is 19.0. The molecule has 3 aromatic carbocycles. The van der Waals surface area contributed by atoms with Crippen molar-refractivity contribution < 1.29 is 24.1 Å². The van der Waals surface area contributed by atoms with Gasteiger partial charge < -0.3 is 20.3 Å². The highest BCUT2D eigenvalue weighted by atomic mass is 19.1. The van der Waals surface area contributed by atoms with E-state index in [1.165, 1.54) is 35.2 Å². The van der Waals surface area contributed by atoms with E-state index in [4.69, 9.17) is 4.74 Å². The Morgan fingerprint density at radius 3 is 2.52 bits per heavy atom. The molecular weight excluding hydrogens is 399 g/mol. The summed E-state index contributed by atoms with van der Waals surface area (Å²) in [4.78, 5) is 14.4. The number of nitrogens with zero attached hydrogens (tertiary/aromatic N) is 1. The monoisotopic (exact) mass is 422 g/mol. The lowest BCUT2D eigenvalue weighted by molar-refractivity contribution is 0.146. The van der Waals surface area contributed by atoms with E-state index in [9.17, 15) is 19.4 Å². The summed E-state index contributed by atoms with van der Waals surface area (Å²) in [5.74, 6) is -0.785. The topological polar surface area (TPSA) is 82.0 Å². The molecule has 1 aliphatic heterocycles. The number of hydrogen-bond donors (Lipinski definition) is 3. The van der Waals surface area contributed by atoms with Crippen LogP contribution >= 0.6 is 0 Å². The number of fused-ring (bicyclic) bond motifs is 1. The van der Waals surface area contributed by atoms with Crippen LogP contribution in [0.4, 0.5) is 14.9 Å². The molecule has 0 aliphatic carbocycles. The fraction of sp³-hybridized carbons (Fsp3) is 0.208. The molecule has 1 unspecified atom stereocenters. The van der Waals surface area contributed by atoms with Gasteiger partial charge in [0, 0.05) is 12.2 Å². The lowest BCUT2D eigenvalue weighted by Crippen LogP contribution is -2.42. The fourth-order valence-corrected chi connectivity index (χ4v) is 3.72. The molecule has 0 fully saturated rings. The molecule has 7 heteroatoms. The van der Waals surface area contributed by atoms with Crippen LogP contribution in [-0.2, 0) is 17.8 Å². The van der Waals surface area contributed by atoms with E-state index >= 15 is 0 Å². The van der Waals surface area contributed by atoms with Crippen molar-refractivity contribution in [2.75, 3.05) is 18.0 Å². The molecule has 1 heterocycles. The average molecular weight is 422 g/mol. The predicted molar refractivity (Wildman–Crippen MR) is 115 cm³/mol. The minimum Gasteiger partial charge on any atom is -0.504 e. The Morgan fingerprint density at radius 1 is 1.06 bits per heavy atom. The molecular formula is C24H23FN2O4. The van der Waals surface area contributed by atoms with E-state index in [1.807, 2.05) is 30.3 Å². The quantitative estimate of drug-likeness (QED) is 0.535. The molecule has 0 spiro atoms. The third-order valence-corrected chi connectivity index (χ3v) is 5.33. The zero-order chi connectivity index (χ0) is 21.8. The van der Waals surface area contributed by atoms with E-state index in [0.29, 0.717) is 18.7 Å². The Hall–Kier alpha value is -3.58. The number of aromatic hydroxyl groups is 2. The number of halogens is 1. The molecule has 3 N–H and O–H groups in total. The maximum Gasteiger partial charge on any atom is 0.414 e. The lowest BCUT2D eigenvalue weighted by Gasteiger charge is -2.32. The predicted octanol–water partition coefficient (Wildman–Crippen LogP) is 4.27. The summed E-state index contributed by atoms with van der Waals surface area (Å²) >= 11 is 0. The number of carbonyl (C=O) groups excluding carboxylic acids is 1. The summed E-state index contributed by atoms with van der Waals surface area (Å²) in [5, 5.41) is 23.1. The number of carbonyl (C=O) groups is 1. The molecule has 31 heavy (non-hydrogen) atoms. The van der Waals surface area contributed by atoms with Crippen molar-refractivity contribution in [2.45, 2.75) is 19.1 Å². The molecule has 160 valence electrons. The van der Waals surface area contributed by atoms with Crippen molar-refractivity contribution in [1.29, 1.82) is 0 Å². The molecule has 1 amide bonds. The van der Waals surface area contributed by atoms with Gasteiger partial charge in [0.15, 0.2) is 11.5 Å². The number of benzene rings is 3. The van der Waals surface area contributed by atoms with Gasteiger partial charge in [-0.25, -0.2) is 9.18 Å². The van der Waals surface area contributed by atoms with Crippen LogP contribution in [-0.4, -0.2) is 29.4 Å². The maximum absolute atomic E-state index is 13.5. The van der Waals surface area contributed by atoms with Crippen molar-refractivity contribution in [1.82, 2.24) is 5.32 Å². The highest BCUT2D eigenvalue weighted by molar-refractivity contribution is 5.87. The number of anilines is 1. The van der Waals surface area contributed by atoms with Gasteiger partial charge in [-0.15, -0.1) is 0 Å². The molecule has 0 aromatic heterocycles. The zero-order valence-electron chi connectivity index (χ0n) is 16.8. The normalized spacial score (nSPS) is 15.2. The molecule has 0 saturated heterocycles. The van der Waals surface area contributed by atoms with Gasteiger partial charge in [-0.3, -0.25) is 4.90 Å². The van der Waals surface area contributed by atoms with Crippen LogP contribution in [0, 0.1) is 5.82 Å². The van der Waals surface area contributed by atoms with Crippen molar-refractivity contribution in [3.8, 4) is 11.5 Å². The minimum atomic E-state index is -0.563. The number of phenols is 2. The average Bonchev–Trinajstić information content (AvgIpc) is 2.78. The van der Waals surface area contributed by atoms with Crippen LogP contribution in [0.15, 0.2) is 66.7 Å². The van der Waals surface area contributed by atoms with Gasteiger partial charge >= 0.3 is 6.09 Å². The molecule has 3 aromatic rings. The first-order valence-electron chi connectivity index (χ1n) is 10.0. The first-order chi connectivity index (χ1) is 15.0. The fourth-order valence-electron chi connectivity index (χ4n) is 3.72. The van der Waals surface area contributed by atoms with Gasteiger partial charge in [0.25, 0.3) is 0 Å². The van der Waals surface area contributed by atoms with Crippen LogP contribution < -0.4 is 10.2 Å². The first kappa shape index (κ1) is 20.7. The van der Waals surface area contributed by atoms with E-state index in [-0.39, 0.29) is 30.7 Å². The summed E-state index contributed by atoms with van der Waals surface area (Å²) in [6.07, 6.45) is 0.127. The first-order valence-corrected chi connectivity index (χ1v) is 10.0. The molecule has 4 rings (SSSR count). The number of hydrogen-bond acceptors (Lipinski definition) is 5. The minimum absolute atomic E-state index is 0.112. The van der Waals surface area contributed by atoms with Gasteiger partial charge in [0.2, 0.25) is 0 Å². The lowest BCUT2D eigenvalue weighted by atomic mass is 9.93. The van der Waals surface area contributed by atoms with E-state index in [0.717, 1.165) is 16.7 Å². The second-order valence-corrected chi connectivity index (χ2v) is 7.42. The highest BCUT2D eigenvalue weighted by Gasteiger charge is 2.27. The zero-order valence-corrected chi connectivity index (χ0v) is 16.8. The van der Waals surface area contributed by atoms with E-state index < -0.39 is 11.9 Å². The van der Waals surface area contributed by atoms with Gasteiger partial charge in [-0.1, -0.05) is 30.3 Å². The molecule has 1 atom stereocenters. The Bertz CT molecular complexity index is 1060. The molecule has 6 nitrogen and oxygen atoms in total. The van der Waals surface area contributed by atoms with Crippen LogP contribution in [0.25, 0.3) is 0 Å². The van der Waals surface area contributed by atoms with Gasteiger partial charge in [0.05, 0.1) is 6.04 Å². The van der Waals surface area contributed by atoms with Crippen molar-refractivity contribution in [2.24, 2.45) is 0 Å². The molecule has 1 aliphatic rings. The summed E-state index contributed by atoms with van der Waals surface area (Å²) in [6.45, 7) is 0.968. The van der Waals surface area contributed by atoms with Crippen molar-refractivity contribution in [3.63, 3.8) is 0 Å². The van der Waals surface area contributed by atoms with Crippen molar-refractivity contribution >= 4 is 11.8 Å². The van der Waals surface area contributed by atoms with Crippen LogP contribution in [0.5, 0.6) is 11.5 Å². The van der Waals surface area contributed by atoms with Crippen LogP contribution in [0.1, 0.15) is 22.7 Å². The molecule has 0 bridgehead atoms. The Labute approximate surface area is 179 Å². The van der Waals surface area contributed by atoms with Gasteiger partial charge in [-0.2, -0.15) is 0 Å². The maximum atomic E-state index is 13.5. The van der Waals surface area contributed by atoms with Gasteiger partial charge in [0.1, 0.15) is 12.4 Å². The molecule has 0 radical (unpaired) electrons. The van der Waals surface area contributed by atoms with E-state index in [1.54, 1.807) is 6.07 Å². The third kappa shape index (κ3) is 4.78. The SMILES string of the molecule is O=C(OCc1ccccc1)N(CC1NCCc2cc(O)c(O)cc21)c1ccc(F)cc1. The Morgan fingerprint density at radius 2 is 1.77 bits per heavy atom. The standard InChI is InChI=1S/C24H23FN2O4/c25-18-6-8-19(9-7-18)27(24(30)31-15-16-4-2-1-3-5-16)14-21-20-13-23(29)22(28)12-17(20)10-11-26-21/h1-9,12-13,21,26,28-29H,10-11,14-15H2. The van der Waals surface area contributed by atoms with E-state index in [2.05, 4.69) is 5.32 Å². The third-order valence-electron chi connectivity index (χ3n) is 5.33. The summed E-state index contributed by atoms with van der Waals surface area (Å²) in [7, 11) is 0. The molecule has 0 saturated carbocycles. The number of phenolic OH excluding ortho intramolecular Hbond substituents is 2. The van der Waals surface area contributed by atoms with Crippen LogP contribution in [0.3, 0.4) is 0 Å². The number of rotatable bonds is 5. The highest BCUT2D eigenvalue weighted by Crippen LogP contribution is 2.34. The Kier molecular flexibility index (Phi) is 6.04. The second kappa shape index (κ2) is 9.06. The van der Waals surface area contributed by atoms with Crippen molar-refractivity contribution in [3.05, 3.63) is 89.2 Å². The largest absolute Gasteiger partial charge is 0.504 e. The van der Waals surface area contributed by atoms with Crippen LogP contribution in [0.2, 0.25) is 0 Å². The van der Waals surface area contributed by atoms with Gasteiger partial charge in [-0.05, 0) is 66.1 Å². The summed E-state index contributed by atoms with van der Waals surface area (Å²) in [6, 6.07) is 17.7. The number of amides is 1. The summed E-state index contributed by atoms with van der Waals surface area (Å²) in [5.41, 5.74) is 3.05. The Balaban J connectivity index is 1.59. The smallest absolute Gasteiger partial charge is 0.414 e. The number of nitrogens with one attached hydrogen (secondary N) is 1.